The molecule has 0 aliphatic heterocycles. The van der Waals surface area contributed by atoms with Crippen LogP contribution in [0.3, 0.4) is 0 Å². The van der Waals surface area contributed by atoms with E-state index in [0.717, 1.165) is 19.3 Å². The lowest BCUT2D eigenvalue weighted by Gasteiger charge is -2.59. The van der Waals surface area contributed by atoms with Gasteiger partial charge in [-0.05, 0) is 41.5 Å². The van der Waals surface area contributed by atoms with Crippen LogP contribution in [0.4, 0.5) is 4.79 Å². The summed E-state index contributed by atoms with van der Waals surface area (Å²) in [7, 11) is 0. The zero-order chi connectivity index (χ0) is 19.3. The molecule has 2 atom stereocenters. The van der Waals surface area contributed by atoms with E-state index in [0.29, 0.717) is 6.42 Å². The van der Waals surface area contributed by atoms with Gasteiger partial charge in [0.25, 0.3) is 0 Å². The predicted octanol–water partition coefficient (Wildman–Crippen LogP) is 4.17. The molecule has 0 unspecified atom stereocenters. The first-order chi connectivity index (χ1) is 13.6. The first kappa shape index (κ1) is 17.3. The molecule has 2 aromatic carbocycles. The molecule has 0 saturated heterocycles. The molecule has 1 spiro atoms. The van der Waals surface area contributed by atoms with Crippen LogP contribution in [-0.4, -0.2) is 29.8 Å². The van der Waals surface area contributed by atoms with E-state index in [2.05, 4.69) is 29.6 Å². The van der Waals surface area contributed by atoms with Crippen molar-refractivity contribution in [1.29, 1.82) is 0 Å². The Balaban J connectivity index is 1.26. The summed E-state index contributed by atoms with van der Waals surface area (Å²) < 4.78 is 5.61. The maximum atomic E-state index is 12.5. The van der Waals surface area contributed by atoms with E-state index in [4.69, 9.17) is 4.74 Å². The SMILES string of the molecule is O=C(N[C@H]1C[C@@H](C(=O)O)C12CCC2)OCC1c2ccccc2-c2ccccc21. The highest BCUT2D eigenvalue weighted by atomic mass is 16.5. The van der Waals surface area contributed by atoms with Crippen molar-refractivity contribution in [3.63, 3.8) is 0 Å². The van der Waals surface area contributed by atoms with Crippen LogP contribution >= 0.6 is 0 Å². The number of carbonyl (C=O) groups is 2. The van der Waals surface area contributed by atoms with Gasteiger partial charge in [-0.3, -0.25) is 4.79 Å². The van der Waals surface area contributed by atoms with Gasteiger partial charge in [0, 0.05) is 17.4 Å². The number of nitrogens with one attached hydrogen (secondary N) is 1. The van der Waals surface area contributed by atoms with Gasteiger partial charge in [0.15, 0.2) is 0 Å². The lowest BCUT2D eigenvalue weighted by molar-refractivity contribution is -0.167. The quantitative estimate of drug-likeness (QED) is 0.839. The minimum atomic E-state index is -0.745. The fraction of sp³-hybridized carbons (Fsp3) is 0.391. The molecule has 0 radical (unpaired) electrons. The molecule has 3 aliphatic carbocycles. The minimum absolute atomic E-state index is 0.0315. The summed E-state index contributed by atoms with van der Waals surface area (Å²) in [5.41, 5.74) is 4.51. The van der Waals surface area contributed by atoms with E-state index in [1.165, 1.54) is 22.3 Å². The molecule has 28 heavy (non-hydrogen) atoms. The van der Waals surface area contributed by atoms with Crippen molar-refractivity contribution in [2.75, 3.05) is 6.61 Å². The number of carbonyl (C=O) groups excluding carboxylic acids is 1. The molecule has 5 heteroatoms. The lowest BCUT2D eigenvalue weighted by Crippen LogP contribution is -2.66. The van der Waals surface area contributed by atoms with Gasteiger partial charge in [0.05, 0.1) is 5.92 Å². The highest BCUT2D eigenvalue weighted by Gasteiger charge is 2.61. The number of amides is 1. The fourth-order valence-electron chi connectivity index (χ4n) is 5.40. The topological polar surface area (TPSA) is 75.6 Å². The third-order valence-corrected chi connectivity index (χ3v) is 7.08. The molecule has 5 nitrogen and oxygen atoms in total. The highest BCUT2D eigenvalue weighted by molar-refractivity contribution is 5.79. The van der Waals surface area contributed by atoms with Crippen LogP contribution in [-0.2, 0) is 9.53 Å². The first-order valence-corrected chi connectivity index (χ1v) is 9.94. The number of ether oxygens (including phenoxy) is 1. The molecule has 2 fully saturated rings. The third kappa shape index (κ3) is 2.45. The number of aliphatic carboxylic acids is 1. The van der Waals surface area contributed by atoms with Crippen molar-refractivity contribution in [2.24, 2.45) is 11.3 Å². The number of alkyl carbamates (subject to hydrolysis) is 1. The number of benzene rings is 2. The lowest BCUT2D eigenvalue weighted by atomic mass is 9.47. The van der Waals surface area contributed by atoms with Crippen LogP contribution in [0.2, 0.25) is 0 Å². The number of carboxylic acids is 1. The molecule has 2 N–H and O–H groups in total. The Labute approximate surface area is 163 Å². The minimum Gasteiger partial charge on any atom is -0.481 e. The van der Waals surface area contributed by atoms with Crippen LogP contribution in [0.15, 0.2) is 48.5 Å². The standard InChI is InChI=1S/C23H23NO4/c25-21(26)19-12-20(23(19)10-5-11-23)24-22(27)28-13-18-16-8-3-1-6-14(16)15-7-2-4-9-17(15)18/h1-4,6-9,18-20H,5,10-13H2,(H,24,27)(H,25,26)/t19-,20-/m0/s1. The van der Waals surface area contributed by atoms with E-state index in [9.17, 15) is 14.7 Å². The number of hydrogen-bond acceptors (Lipinski definition) is 3. The Bertz CT molecular complexity index is 904. The Kier molecular flexibility index (Phi) is 3.93. The van der Waals surface area contributed by atoms with Crippen molar-refractivity contribution >= 4 is 12.1 Å². The molecule has 0 heterocycles. The number of carboxylic acid groups (broad SMARTS) is 1. The van der Waals surface area contributed by atoms with Crippen LogP contribution in [0.5, 0.6) is 0 Å². The maximum absolute atomic E-state index is 12.5. The van der Waals surface area contributed by atoms with E-state index in [1.54, 1.807) is 0 Å². The number of rotatable bonds is 4. The van der Waals surface area contributed by atoms with E-state index >= 15 is 0 Å². The Morgan fingerprint density at radius 3 is 2.18 bits per heavy atom. The molecule has 5 rings (SSSR count). The van der Waals surface area contributed by atoms with Gasteiger partial charge in [-0.15, -0.1) is 0 Å². The van der Waals surface area contributed by atoms with Gasteiger partial charge in [-0.2, -0.15) is 0 Å². The van der Waals surface area contributed by atoms with E-state index < -0.39 is 12.1 Å². The number of hydrogen-bond donors (Lipinski definition) is 2. The van der Waals surface area contributed by atoms with Crippen molar-refractivity contribution in [3.05, 3.63) is 59.7 Å². The normalized spacial score (nSPS) is 23.9. The van der Waals surface area contributed by atoms with Crippen LogP contribution in [0.25, 0.3) is 11.1 Å². The van der Waals surface area contributed by atoms with Crippen LogP contribution < -0.4 is 5.32 Å². The molecule has 0 bridgehead atoms. The molecule has 0 aromatic heterocycles. The Morgan fingerprint density at radius 2 is 1.64 bits per heavy atom. The molecule has 3 aliphatic rings. The van der Waals surface area contributed by atoms with E-state index in [1.807, 2.05) is 24.3 Å². The summed E-state index contributed by atoms with van der Waals surface area (Å²) in [5.74, 6) is -1.05. The summed E-state index contributed by atoms with van der Waals surface area (Å²) >= 11 is 0. The molecule has 144 valence electrons. The maximum Gasteiger partial charge on any atom is 0.407 e. The second kappa shape index (κ2) is 6.36. The fourth-order valence-corrected chi connectivity index (χ4v) is 5.40. The molecule has 1 amide bonds. The average molecular weight is 377 g/mol. The zero-order valence-corrected chi connectivity index (χ0v) is 15.6. The first-order valence-electron chi connectivity index (χ1n) is 9.94. The average Bonchev–Trinajstić information content (AvgIpc) is 2.95. The van der Waals surface area contributed by atoms with Gasteiger partial charge < -0.3 is 15.2 Å². The van der Waals surface area contributed by atoms with Crippen molar-refractivity contribution in [1.82, 2.24) is 5.32 Å². The second-order valence-electron chi connectivity index (χ2n) is 8.24. The van der Waals surface area contributed by atoms with Gasteiger partial charge in [-0.25, -0.2) is 4.79 Å². The monoisotopic (exact) mass is 377 g/mol. The Morgan fingerprint density at radius 1 is 1.04 bits per heavy atom. The van der Waals surface area contributed by atoms with Crippen LogP contribution in [0, 0.1) is 11.3 Å². The number of fused-ring (bicyclic) bond motifs is 3. The van der Waals surface area contributed by atoms with Gasteiger partial charge in [0.1, 0.15) is 6.61 Å². The highest BCUT2D eigenvalue weighted by Crippen LogP contribution is 2.59. The largest absolute Gasteiger partial charge is 0.481 e. The van der Waals surface area contributed by atoms with E-state index in [-0.39, 0.29) is 29.9 Å². The van der Waals surface area contributed by atoms with Crippen molar-refractivity contribution in [2.45, 2.75) is 37.6 Å². The summed E-state index contributed by atoms with van der Waals surface area (Å²) in [4.78, 5) is 23.9. The second-order valence-corrected chi connectivity index (χ2v) is 8.24. The third-order valence-electron chi connectivity index (χ3n) is 7.08. The van der Waals surface area contributed by atoms with Gasteiger partial charge >= 0.3 is 12.1 Å². The molecular weight excluding hydrogens is 354 g/mol. The van der Waals surface area contributed by atoms with Crippen molar-refractivity contribution < 1.29 is 19.4 Å². The molecule has 2 saturated carbocycles. The summed E-state index contributed by atoms with van der Waals surface area (Å²) in [6.07, 6.45) is 2.84. The van der Waals surface area contributed by atoms with Gasteiger partial charge in [-0.1, -0.05) is 55.0 Å². The molecular formula is C23H23NO4. The summed E-state index contributed by atoms with van der Waals surface area (Å²) in [6, 6.07) is 16.4. The smallest absolute Gasteiger partial charge is 0.407 e. The Hall–Kier alpha value is -2.82. The zero-order valence-electron chi connectivity index (χ0n) is 15.6. The van der Waals surface area contributed by atoms with Crippen molar-refractivity contribution in [3.8, 4) is 11.1 Å². The predicted molar refractivity (Wildman–Crippen MR) is 104 cm³/mol. The van der Waals surface area contributed by atoms with Crippen LogP contribution in [0.1, 0.15) is 42.7 Å². The van der Waals surface area contributed by atoms with Gasteiger partial charge in [0.2, 0.25) is 0 Å². The molecule has 2 aromatic rings. The summed E-state index contributed by atoms with van der Waals surface area (Å²) in [6.45, 7) is 0.280. The summed E-state index contributed by atoms with van der Waals surface area (Å²) in [5, 5.41) is 12.3.